The van der Waals surface area contributed by atoms with E-state index in [9.17, 15) is 9.90 Å². The van der Waals surface area contributed by atoms with Gasteiger partial charge in [-0.2, -0.15) is 0 Å². The lowest BCUT2D eigenvalue weighted by Crippen LogP contribution is -2.22. The molecule has 0 bridgehead atoms. The van der Waals surface area contributed by atoms with Crippen molar-refractivity contribution in [1.29, 1.82) is 0 Å². The number of aliphatic hydroxyl groups excluding tert-OH is 1. The van der Waals surface area contributed by atoms with E-state index in [4.69, 9.17) is 4.74 Å². The highest BCUT2D eigenvalue weighted by Gasteiger charge is 2.14. The van der Waals surface area contributed by atoms with Crippen LogP contribution in [0, 0.1) is 6.92 Å². The third-order valence-electron chi connectivity index (χ3n) is 5.29. The number of benzene rings is 3. The number of fused-ring (bicyclic) bond motifs is 1. The van der Waals surface area contributed by atoms with Crippen molar-refractivity contribution < 1.29 is 14.6 Å². The number of aliphatic hydroxyl groups is 1. The Morgan fingerprint density at radius 1 is 1.06 bits per heavy atom. The predicted molar refractivity (Wildman–Crippen MR) is 124 cm³/mol. The molecule has 32 heavy (non-hydrogen) atoms. The van der Waals surface area contributed by atoms with Gasteiger partial charge in [0.25, 0.3) is 5.91 Å². The molecule has 0 saturated carbocycles. The molecular formula is C25H26N4O3. The van der Waals surface area contributed by atoms with Crippen molar-refractivity contribution in [3.8, 4) is 11.4 Å². The summed E-state index contributed by atoms with van der Waals surface area (Å²) in [4.78, 5) is 14.2. The number of rotatable bonds is 8. The summed E-state index contributed by atoms with van der Waals surface area (Å²) in [5, 5.41) is 21.4. The Kier molecular flexibility index (Phi) is 6.47. The van der Waals surface area contributed by atoms with Crippen LogP contribution in [0.25, 0.3) is 16.7 Å². The van der Waals surface area contributed by atoms with Crippen molar-refractivity contribution in [2.75, 3.05) is 18.5 Å². The molecule has 2 N–H and O–H groups in total. The van der Waals surface area contributed by atoms with Crippen LogP contribution < -0.4 is 10.1 Å². The highest BCUT2D eigenvalue weighted by Crippen LogP contribution is 2.26. The Morgan fingerprint density at radius 2 is 1.81 bits per heavy atom. The second kappa shape index (κ2) is 9.62. The van der Waals surface area contributed by atoms with Crippen LogP contribution in [-0.4, -0.2) is 39.2 Å². The average molecular weight is 431 g/mol. The van der Waals surface area contributed by atoms with Crippen LogP contribution in [0.1, 0.15) is 23.6 Å². The first kappa shape index (κ1) is 21.5. The van der Waals surface area contributed by atoms with Crippen LogP contribution in [-0.2, 0) is 17.6 Å². The molecule has 164 valence electrons. The van der Waals surface area contributed by atoms with Crippen molar-refractivity contribution in [1.82, 2.24) is 15.0 Å². The van der Waals surface area contributed by atoms with Gasteiger partial charge in [0, 0.05) is 12.3 Å². The molecule has 0 atom stereocenters. The maximum Gasteiger partial charge on any atom is 0.262 e. The number of nitrogens with one attached hydrogen (secondary N) is 1. The molecule has 0 spiro atoms. The Morgan fingerprint density at radius 3 is 2.50 bits per heavy atom. The topological polar surface area (TPSA) is 89.3 Å². The molecule has 7 heteroatoms. The van der Waals surface area contributed by atoms with Gasteiger partial charge in [-0.05, 0) is 60.7 Å². The van der Waals surface area contributed by atoms with Gasteiger partial charge in [-0.15, -0.1) is 15.0 Å². The highest BCUT2D eigenvalue weighted by molar-refractivity contribution is 5.93. The molecule has 0 saturated heterocycles. The minimum absolute atomic E-state index is 0.0345. The van der Waals surface area contributed by atoms with Gasteiger partial charge in [-0.25, -0.2) is 0 Å². The minimum Gasteiger partial charge on any atom is -0.481 e. The zero-order valence-corrected chi connectivity index (χ0v) is 18.2. The molecule has 1 heterocycles. The number of nitrogens with zero attached hydrogens (tertiary/aromatic N) is 3. The summed E-state index contributed by atoms with van der Waals surface area (Å²) in [6, 6.07) is 19.1. The fourth-order valence-electron chi connectivity index (χ4n) is 3.61. The molecule has 0 aliphatic rings. The lowest BCUT2D eigenvalue weighted by molar-refractivity contribution is -0.118. The number of carbonyl (C=O) groups is 1. The van der Waals surface area contributed by atoms with E-state index in [0.717, 1.165) is 39.8 Å². The van der Waals surface area contributed by atoms with Crippen molar-refractivity contribution in [2.24, 2.45) is 0 Å². The van der Waals surface area contributed by atoms with Gasteiger partial charge in [-0.3, -0.25) is 4.79 Å². The van der Waals surface area contributed by atoms with Gasteiger partial charge in [-0.1, -0.05) is 43.3 Å². The number of anilines is 1. The van der Waals surface area contributed by atoms with Crippen LogP contribution in [0.3, 0.4) is 0 Å². The third kappa shape index (κ3) is 4.63. The number of ether oxygens (including phenoxy) is 1. The Bertz CT molecular complexity index is 1220. The number of hydrogen-bond donors (Lipinski definition) is 2. The molecular weight excluding hydrogens is 404 g/mol. The zero-order chi connectivity index (χ0) is 22.5. The minimum atomic E-state index is -0.238. The summed E-state index contributed by atoms with van der Waals surface area (Å²) < 4.78 is 5.89. The maximum absolute atomic E-state index is 12.7. The van der Waals surface area contributed by atoms with Crippen LogP contribution in [0.4, 0.5) is 5.69 Å². The molecule has 0 aliphatic heterocycles. The monoisotopic (exact) mass is 430 g/mol. The number of amides is 1. The van der Waals surface area contributed by atoms with Gasteiger partial charge in [0.05, 0.1) is 0 Å². The average Bonchev–Trinajstić information content (AvgIpc) is 3.24. The summed E-state index contributed by atoms with van der Waals surface area (Å²) in [6.45, 7) is 3.92. The molecule has 1 amide bonds. The first-order valence-electron chi connectivity index (χ1n) is 10.7. The second-order valence-electron chi connectivity index (χ2n) is 7.55. The summed E-state index contributed by atoms with van der Waals surface area (Å²) in [7, 11) is 0. The smallest absolute Gasteiger partial charge is 0.262 e. The number of carbonyl (C=O) groups excluding carboxylic acids is 1. The van der Waals surface area contributed by atoms with Gasteiger partial charge in [0.2, 0.25) is 0 Å². The van der Waals surface area contributed by atoms with Crippen molar-refractivity contribution in [3.05, 3.63) is 77.4 Å². The van der Waals surface area contributed by atoms with Crippen molar-refractivity contribution in [3.63, 3.8) is 0 Å². The standard InChI is InChI=1S/C25H26N4O3/c1-3-19-8-6-7-17(2)25(19)26-24(31)16-32-23-12-11-18(13-14-30)15-22(23)29-27-20-9-4-5-10-21(20)28-29/h4-12,15,30H,3,13-14,16H2,1-2H3,(H,26,31). The lowest BCUT2D eigenvalue weighted by atomic mass is 10.1. The SMILES string of the molecule is CCc1cccc(C)c1NC(=O)COc1ccc(CCO)cc1-n1nc2ccccc2n1. The summed E-state index contributed by atoms with van der Waals surface area (Å²) in [6.07, 6.45) is 1.33. The Labute approximate surface area is 186 Å². The molecule has 3 aromatic carbocycles. The molecule has 0 fully saturated rings. The zero-order valence-electron chi connectivity index (χ0n) is 18.2. The van der Waals surface area contributed by atoms with Crippen LogP contribution in [0.5, 0.6) is 5.75 Å². The normalized spacial score (nSPS) is 11.0. The number of aromatic nitrogens is 3. The predicted octanol–water partition coefficient (Wildman–Crippen LogP) is 3.84. The number of aryl methyl sites for hydroxylation is 2. The summed E-state index contributed by atoms with van der Waals surface area (Å²) in [5.41, 5.74) is 5.99. The van der Waals surface area contributed by atoms with E-state index in [-0.39, 0.29) is 19.1 Å². The van der Waals surface area contributed by atoms with Gasteiger partial charge < -0.3 is 15.2 Å². The lowest BCUT2D eigenvalue weighted by Gasteiger charge is -2.15. The molecule has 0 aliphatic carbocycles. The summed E-state index contributed by atoms with van der Waals surface area (Å²) >= 11 is 0. The van der Waals surface area contributed by atoms with E-state index in [1.54, 1.807) is 6.07 Å². The first-order chi connectivity index (χ1) is 15.6. The largest absolute Gasteiger partial charge is 0.481 e. The number of hydrogen-bond acceptors (Lipinski definition) is 5. The van der Waals surface area contributed by atoms with Gasteiger partial charge in [0.15, 0.2) is 6.61 Å². The van der Waals surface area contributed by atoms with Crippen LogP contribution in [0.15, 0.2) is 60.7 Å². The molecule has 0 unspecified atom stereocenters. The van der Waals surface area contributed by atoms with E-state index in [0.29, 0.717) is 17.9 Å². The highest BCUT2D eigenvalue weighted by atomic mass is 16.5. The Balaban J connectivity index is 1.57. The van der Waals surface area contributed by atoms with E-state index >= 15 is 0 Å². The molecule has 4 aromatic rings. The van der Waals surface area contributed by atoms with Gasteiger partial charge in [0.1, 0.15) is 22.5 Å². The Hall–Kier alpha value is -3.71. The maximum atomic E-state index is 12.7. The summed E-state index contributed by atoms with van der Waals surface area (Å²) in [5.74, 6) is 0.251. The van der Waals surface area contributed by atoms with Crippen LogP contribution in [0.2, 0.25) is 0 Å². The second-order valence-corrected chi connectivity index (χ2v) is 7.55. The van der Waals surface area contributed by atoms with E-state index in [1.807, 2.05) is 61.5 Å². The van der Waals surface area contributed by atoms with E-state index in [2.05, 4.69) is 22.4 Å². The van der Waals surface area contributed by atoms with Crippen LogP contribution >= 0.6 is 0 Å². The van der Waals surface area contributed by atoms with Gasteiger partial charge >= 0.3 is 0 Å². The fraction of sp³-hybridized carbons (Fsp3) is 0.240. The first-order valence-corrected chi connectivity index (χ1v) is 10.7. The number of para-hydroxylation sites is 1. The van der Waals surface area contributed by atoms with E-state index in [1.165, 1.54) is 4.80 Å². The molecule has 1 aromatic heterocycles. The quantitative estimate of drug-likeness (QED) is 0.443. The third-order valence-corrected chi connectivity index (χ3v) is 5.29. The van der Waals surface area contributed by atoms with Crippen molar-refractivity contribution in [2.45, 2.75) is 26.7 Å². The molecule has 7 nitrogen and oxygen atoms in total. The van der Waals surface area contributed by atoms with E-state index < -0.39 is 0 Å². The molecule has 4 rings (SSSR count). The molecule has 0 radical (unpaired) electrons. The fourth-order valence-corrected chi connectivity index (χ4v) is 3.61. The van der Waals surface area contributed by atoms with Crippen molar-refractivity contribution >= 4 is 22.6 Å².